The van der Waals surface area contributed by atoms with Gasteiger partial charge in [0.05, 0.1) is 21.9 Å². The monoisotopic (exact) mass is 350 g/mol. The average Bonchev–Trinajstić information content (AvgIpc) is 2.87. The van der Waals surface area contributed by atoms with E-state index in [1.165, 1.54) is 23.1 Å². The smallest absolute Gasteiger partial charge is 0.290 e. The molecule has 1 aliphatic heterocycles. The first-order valence-electron chi connectivity index (χ1n) is 7.97. The number of carbonyl (C=O) groups is 1. The van der Waals surface area contributed by atoms with E-state index >= 15 is 0 Å². The number of nitro benzene ring substituents is 1. The SMILES string of the molecule is Cc1ccc2oc3c(c(=O)c2c1)C(c1cccc([N+](=O)[O-])c1)N(C)C3=O. The van der Waals surface area contributed by atoms with Gasteiger partial charge in [-0.3, -0.25) is 19.7 Å². The zero-order valence-corrected chi connectivity index (χ0v) is 14.1. The van der Waals surface area contributed by atoms with Crippen LogP contribution in [0, 0.1) is 17.0 Å². The van der Waals surface area contributed by atoms with Crippen molar-refractivity contribution in [1.29, 1.82) is 0 Å². The number of non-ortho nitro benzene ring substituents is 1. The van der Waals surface area contributed by atoms with E-state index in [4.69, 9.17) is 4.42 Å². The van der Waals surface area contributed by atoms with Crippen molar-refractivity contribution in [2.24, 2.45) is 0 Å². The van der Waals surface area contributed by atoms with Crippen molar-refractivity contribution in [3.8, 4) is 0 Å². The highest BCUT2D eigenvalue weighted by atomic mass is 16.6. The third-order valence-corrected chi connectivity index (χ3v) is 4.65. The van der Waals surface area contributed by atoms with Gasteiger partial charge in [0.2, 0.25) is 5.76 Å². The Morgan fingerprint density at radius 3 is 2.65 bits per heavy atom. The largest absolute Gasteiger partial charge is 0.450 e. The highest BCUT2D eigenvalue weighted by Crippen LogP contribution is 2.37. The maximum atomic E-state index is 13.1. The summed E-state index contributed by atoms with van der Waals surface area (Å²) in [7, 11) is 1.55. The normalized spacial score (nSPS) is 16.2. The van der Waals surface area contributed by atoms with Crippen LogP contribution in [0.5, 0.6) is 0 Å². The predicted molar refractivity (Wildman–Crippen MR) is 94.3 cm³/mol. The van der Waals surface area contributed by atoms with Crippen LogP contribution in [0.1, 0.15) is 33.3 Å². The molecule has 0 spiro atoms. The molecule has 1 aromatic heterocycles. The summed E-state index contributed by atoms with van der Waals surface area (Å²) in [5, 5.41) is 11.5. The summed E-state index contributed by atoms with van der Waals surface area (Å²) < 4.78 is 5.73. The minimum Gasteiger partial charge on any atom is -0.450 e. The topological polar surface area (TPSA) is 93.7 Å². The molecular weight excluding hydrogens is 336 g/mol. The molecule has 26 heavy (non-hydrogen) atoms. The van der Waals surface area contributed by atoms with Crippen LogP contribution in [0.25, 0.3) is 11.0 Å². The molecule has 4 rings (SSSR count). The van der Waals surface area contributed by atoms with Crippen molar-refractivity contribution in [3.05, 3.63) is 85.3 Å². The Bertz CT molecular complexity index is 1150. The van der Waals surface area contributed by atoms with E-state index in [1.54, 1.807) is 31.3 Å². The lowest BCUT2D eigenvalue weighted by Crippen LogP contribution is -2.25. The fourth-order valence-electron chi connectivity index (χ4n) is 3.40. The number of fused-ring (bicyclic) bond motifs is 2. The first-order chi connectivity index (χ1) is 12.4. The van der Waals surface area contributed by atoms with E-state index < -0.39 is 16.9 Å². The van der Waals surface area contributed by atoms with Gasteiger partial charge in [-0.25, -0.2) is 0 Å². The molecule has 0 fully saturated rings. The minimum atomic E-state index is -0.724. The number of nitro groups is 1. The average molecular weight is 350 g/mol. The van der Waals surface area contributed by atoms with Crippen molar-refractivity contribution in [2.45, 2.75) is 13.0 Å². The molecule has 0 saturated carbocycles. The number of rotatable bonds is 2. The Hall–Kier alpha value is -3.48. The zero-order valence-electron chi connectivity index (χ0n) is 14.1. The molecule has 0 saturated heterocycles. The summed E-state index contributed by atoms with van der Waals surface area (Å²) >= 11 is 0. The lowest BCUT2D eigenvalue weighted by atomic mass is 9.98. The second-order valence-corrected chi connectivity index (χ2v) is 6.34. The van der Waals surface area contributed by atoms with Crippen LogP contribution in [0.3, 0.4) is 0 Å². The molecule has 1 atom stereocenters. The molecule has 1 unspecified atom stereocenters. The number of hydrogen-bond donors (Lipinski definition) is 0. The number of aryl methyl sites for hydroxylation is 1. The third kappa shape index (κ3) is 2.21. The Labute approximate surface area is 147 Å². The summed E-state index contributed by atoms with van der Waals surface area (Å²) in [5.74, 6) is -0.429. The van der Waals surface area contributed by atoms with Crippen LogP contribution in [-0.4, -0.2) is 22.8 Å². The Morgan fingerprint density at radius 2 is 1.92 bits per heavy atom. The van der Waals surface area contributed by atoms with Gasteiger partial charge in [-0.2, -0.15) is 0 Å². The second kappa shape index (κ2) is 5.52. The summed E-state index contributed by atoms with van der Waals surface area (Å²) in [5.41, 5.74) is 1.57. The Balaban J connectivity index is 2.01. The van der Waals surface area contributed by atoms with Crippen LogP contribution in [0.2, 0.25) is 0 Å². The predicted octanol–water partition coefficient (Wildman–Crippen LogP) is 3.18. The molecule has 7 heteroatoms. The number of carbonyl (C=O) groups excluding carboxylic acids is 1. The van der Waals surface area contributed by atoms with Gasteiger partial charge in [-0.15, -0.1) is 0 Å². The van der Waals surface area contributed by atoms with Gasteiger partial charge in [0.25, 0.3) is 11.6 Å². The highest BCUT2D eigenvalue weighted by molar-refractivity contribution is 5.98. The fraction of sp³-hybridized carbons (Fsp3) is 0.158. The van der Waals surface area contributed by atoms with Crippen LogP contribution in [-0.2, 0) is 0 Å². The van der Waals surface area contributed by atoms with Crippen LogP contribution in [0.15, 0.2) is 51.7 Å². The van der Waals surface area contributed by atoms with Gasteiger partial charge in [-0.1, -0.05) is 23.8 Å². The fourth-order valence-corrected chi connectivity index (χ4v) is 3.40. The number of hydrogen-bond acceptors (Lipinski definition) is 5. The molecule has 0 radical (unpaired) electrons. The minimum absolute atomic E-state index is 0.00893. The van der Waals surface area contributed by atoms with Gasteiger partial charge in [0.1, 0.15) is 5.58 Å². The zero-order chi connectivity index (χ0) is 18.6. The highest BCUT2D eigenvalue weighted by Gasteiger charge is 2.41. The number of benzene rings is 2. The molecule has 2 aromatic carbocycles. The first-order valence-corrected chi connectivity index (χ1v) is 7.97. The Morgan fingerprint density at radius 1 is 1.15 bits per heavy atom. The van der Waals surface area contributed by atoms with Gasteiger partial charge in [-0.05, 0) is 24.6 Å². The maximum Gasteiger partial charge on any atom is 0.290 e. The lowest BCUT2D eigenvalue weighted by Gasteiger charge is -2.20. The standard InChI is InChI=1S/C19H14N2O5/c1-10-6-7-14-13(8-10)17(22)15-16(20(2)19(23)18(15)26-14)11-4-3-5-12(9-11)21(24)25/h3-9,16H,1-2H3. The van der Waals surface area contributed by atoms with E-state index in [-0.39, 0.29) is 22.4 Å². The van der Waals surface area contributed by atoms with Crippen molar-refractivity contribution in [3.63, 3.8) is 0 Å². The van der Waals surface area contributed by atoms with E-state index in [2.05, 4.69) is 0 Å². The van der Waals surface area contributed by atoms with E-state index in [0.717, 1.165) is 5.56 Å². The van der Waals surface area contributed by atoms with Gasteiger partial charge < -0.3 is 9.32 Å². The second-order valence-electron chi connectivity index (χ2n) is 6.34. The molecule has 130 valence electrons. The molecule has 3 aromatic rings. The molecule has 1 amide bonds. The summed E-state index contributed by atoms with van der Waals surface area (Å²) in [6, 6.07) is 10.4. The molecule has 0 bridgehead atoms. The number of nitrogens with zero attached hydrogens (tertiary/aromatic N) is 2. The summed E-state index contributed by atoms with van der Waals surface area (Å²) in [6.07, 6.45) is 0. The molecule has 1 aliphatic rings. The lowest BCUT2D eigenvalue weighted by molar-refractivity contribution is -0.384. The quantitative estimate of drug-likeness (QED) is 0.523. The summed E-state index contributed by atoms with van der Waals surface area (Å²) in [6.45, 7) is 1.86. The maximum absolute atomic E-state index is 13.1. The van der Waals surface area contributed by atoms with Crippen LogP contribution in [0.4, 0.5) is 5.69 Å². The van der Waals surface area contributed by atoms with Crippen molar-refractivity contribution in [2.75, 3.05) is 7.05 Å². The third-order valence-electron chi connectivity index (χ3n) is 4.65. The van der Waals surface area contributed by atoms with Crippen LogP contribution < -0.4 is 5.43 Å². The van der Waals surface area contributed by atoms with Gasteiger partial charge in [0, 0.05) is 19.2 Å². The molecule has 7 nitrogen and oxygen atoms in total. The molecular formula is C19H14N2O5. The van der Waals surface area contributed by atoms with E-state index in [9.17, 15) is 19.7 Å². The van der Waals surface area contributed by atoms with E-state index in [1.807, 2.05) is 6.92 Å². The van der Waals surface area contributed by atoms with Crippen LogP contribution >= 0.6 is 0 Å². The van der Waals surface area contributed by atoms with Gasteiger partial charge in [0.15, 0.2) is 5.43 Å². The molecule has 0 aliphatic carbocycles. The van der Waals surface area contributed by atoms with Crippen molar-refractivity contribution < 1.29 is 14.1 Å². The summed E-state index contributed by atoms with van der Waals surface area (Å²) in [4.78, 5) is 37.7. The molecule has 2 heterocycles. The number of amides is 1. The first kappa shape index (κ1) is 16.0. The van der Waals surface area contributed by atoms with Gasteiger partial charge >= 0.3 is 0 Å². The molecule has 0 N–H and O–H groups in total. The van der Waals surface area contributed by atoms with Crippen molar-refractivity contribution in [1.82, 2.24) is 4.90 Å². The van der Waals surface area contributed by atoms with E-state index in [0.29, 0.717) is 16.5 Å². The Kier molecular flexibility index (Phi) is 3.40. The van der Waals surface area contributed by atoms with Crippen molar-refractivity contribution >= 4 is 22.6 Å².